The van der Waals surface area contributed by atoms with E-state index in [9.17, 15) is 4.79 Å². The Labute approximate surface area is 213 Å². The molecule has 5 rings (SSSR count). The summed E-state index contributed by atoms with van der Waals surface area (Å²) in [6.45, 7) is 7.39. The van der Waals surface area contributed by atoms with E-state index in [0.717, 1.165) is 94.5 Å². The van der Waals surface area contributed by atoms with Gasteiger partial charge in [-0.3, -0.25) is 9.69 Å². The van der Waals surface area contributed by atoms with Crippen molar-refractivity contribution in [2.24, 2.45) is 11.8 Å². The highest BCUT2D eigenvalue weighted by atomic mass is 16.5. The predicted octanol–water partition coefficient (Wildman–Crippen LogP) is 2.27. The summed E-state index contributed by atoms with van der Waals surface area (Å²) in [5, 5.41) is 7.87. The SMILES string of the molecule is COc1cc2c(cc1OC)CN(C(=O)C[C@@H]1CCNC[C@@H]1Cc1cc(CN3CCOCC3)on1)CC2. The summed E-state index contributed by atoms with van der Waals surface area (Å²) in [5.74, 6) is 3.30. The topological polar surface area (TPSA) is 89.3 Å². The molecule has 9 heteroatoms. The Hall–Kier alpha value is -2.62. The molecule has 4 heterocycles. The van der Waals surface area contributed by atoms with E-state index in [2.05, 4.69) is 21.4 Å². The van der Waals surface area contributed by atoms with Gasteiger partial charge in [0.2, 0.25) is 5.91 Å². The molecule has 2 aromatic rings. The third kappa shape index (κ3) is 5.85. The molecule has 0 saturated carbocycles. The molecule has 3 aliphatic rings. The quantitative estimate of drug-likeness (QED) is 0.593. The Morgan fingerprint density at radius 1 is 1.08 bits per heavy atom. The van der Waals surface area contributed by atoms with E-state index in [-0.39, 0.29) is 5.91 Å². The molecule has 1 aromatic heterocycles. The number of rotatable bonds is 8. The summed E-state index contributed by atoms with van der Waals surface area (Å²) >= 11 is 0. The molecule has 2 saturated heterocycles. The van der Waals surface area contributed by atoms with Gasteiger partial charge in [0.05, 0.1) is 39.7 Å². The van der Waals surface area contributed by atoms with Crippen molar-refractivity contribution in [3.8, 4) is 11.5 Å². The number of carbonyl (C=O) groups is 1. The fourth-order valence-corrected chi connectivity index (χ4v) is 5.71. The van der Waals surface area contributed by atoms with Gasteiger partial charge in [0, 0.05) is 38.7 Å². The summed E-state index contributed by atoms with van der Waals surface area (Å²) < 4.78 is 22.0. The zero-order valence-electron chi connectivity index (χ0n) is 21.5. The number of nitrogens with zero attached hydrogens (tertiary/aromatic N) is 3. The largest absolute Gasteiger partial charge is 0.493 e. The molecule has 9 nitrogen and oxygen atoms in total. The number of fused-ring (bicyclic) bond motifs is 1. The van der Waals surface area contributed by atoms with E-state index in [1.54, 1.807) is 14.2 Å². The number of piperidine rings is 1. The first-order chi connectivity index (χ1) is 17.6. The molecule has 0 radical (unpaired) electrons. The van der Waals surface area contributed by atoms with Gasteiger partial charge in [0.15, 0.2) is 17.3 Å². The van der Waals surface area contributed by atoms with E-state index in [4.69, 9.17) is 18.7 Å². The van der Waals surface area contributed by atoms with E-state index in [0.29, 0.717) is 30.6 Å². The predicted molar refractivity (Wildman–Crippen MR) is 134 cm³/mol. The van der Waals surface area contributed by atoms with Crippen LogP contribution in [0, 0.1) is 11.8 Å². The van der Waals surface area contributed by atoms with E-state index < -0.39 is 0 Å². The first-order valence-corrected chi connectivity index (χ1v) is 13.1. The Morgan fingerprint density at radius 2 is 1.86 bits per heavy atom. The lowest BCUT2D eigenvalue weighted by molar-refractivity contribution is -0.133. The van der Waals surface area contributed by atoms with Crippen molar-refractivity contribution in [1.82, 2.24) is 20.3 Å². The number of hydrogen-bond donors (Lipinski definition) is 1. The van der Waals surface area contributed by atoms with Gasteiger partial charge < -0.3 is 29.0 Å². The first kappa shape index (κ1) is 25.0. The summed E-state index contributed by atoms with van der Waals surface area (Å²) in [6, 6.07) is 6.15. The second-order valence-corrected chi connectivity index (χ2v) is 10.1. The number of methoxy groups -OCH3 is 2. The lowest BCUT2D eigenvalue weighted by atomic mass is 9.80. The average molecular weight is 499 g/mol. The van der Waals surface area contributed by atoms with Gasteiger partial charge >= 0.3 is 0 Å². The zero-order valence-corrected chi connectivity index (χ0v) is 21.5. The third-order valence-corrected chi connectivity index (χ3v) is 7.83. The lowest BCUT2D eigenvalue weighted by Crippen LogP contribution is -2.42. The fourth-order valence-electron chi connectivity index (χ4n) is 5.71. The summed E-state index contributed by atoms with van der Waals surface area (Å²) in [5.41, 5.74) is 3.36. The molecule has 2 atom stereocenters. The smallest absolute Gasteiger partial charge is 0.223 e. The third-order valence-electron chi connectivity index (χ3n) is 7.83. The van der Waals surface area contributed by atoms with Crippen molar-refractivity contribution in [3.05, 3.63) is 40.8 Å². The maximum Gasteiger partial charge on any atom is 0.223 e. The Bertz CT molecular complexity index is 1040. The van der Waals surface area contributed by atoms with Gasteiger partial charge in [-0.1, -0.05) is 5.16 Å². The number of nitrogens with one attached hydrogen (secondary N) is 1. The van der Waals surface area contributed by atoms with Crippen LogP contribution in [0.4, 0.5) is 0 Å². The van der Waals surface area contributed by atoms with Crippen molar-refractivity contribution >= 4 is 5.91 Å². The van der Waals surface area contributed by atoms with Crippen LogP contribution >= 0.6 is 0 Å². The Morgan fingerprint density at radius 3 is 2.64 bits per heavy atom. The van der Waals surface area contributed by atoms with Crippen molar-refractivity contribution in [3.63, 3.8) is 0 Å². The van der Waals surface area contributed by atoms with Crippen molar-refractivity contribution in [2.45, 2.75) is 38.8 Å². The molecule has 0 aliphatic carbocycles. The van der Waals surface area contributed by atoms with Crippen LogP contribution in [0.2, 0.25) is 0 Å². The molecule has 36 heavy (non-hydrogen) atoms. The molecule has 1 aromatic carbocycles. The normalized spacial score (nSPS) is 22.8. The number of morpholine rings is 1. The van der Waals surface area contributed by atoms with Crippen LogP contribution in [0.15, 0.2) is 22.7 Å². The second-order valence-electron chi connectivity index (χ2n) is 10.1. The minimum absolute atomic E-state index is 0.237. The van der Waals surface area contributed by atoms with Crippen molar-refractivity contribution in [1.29, 1.82) is 0 Å². The van der Waals surface area contributed by atoms with Crippen LogP contribution in [-0.4, -0.2) is 81.0 Å². The minimum atomic E-state index is 0.237. The van der Waals surface area contributed by atoms with Gasteiger partial charge in [0.1, 0.15) is 0 Å². The minimum Gasteiger partial charge on any atom is -0.493 e. The molecule has 196 valence electrons. The van der Waals surface area contributed by atoms with Crippen LogP contribution < -0.4 is 14.8 Å². The average Bonchev–Trinajstić information content (AvgIpc) is 3.35. The van der Waals surface area contributed by atoms with Gasteiger partial charge in [-0.05, 0) is 67.4 Å². The summed E-state index contributed by atoms with van der Waals surface area (Å²) in [4.78, 5) is 17.7. The molecule has 0 unspecified atom stereocenters. The zero-order chi connectivity index (χ0) is 24.9. The fraction of sp³-hybridized carbons (Fsp3) is 0.630. The number of carbonyl (C=O) groups excluding carboxylic acids is 1. The van der Waals surface area contributed by atoms with Gasteiger partial charge in [-0.25, -0.2) is 0 Å². The van der Waals surface area contributed by atoms with Crippen LogP contribution in [0.3, 0.4) is 0 Å². The molecule has 0 bridgehead atoms. The van der Waals surface area contributed by atoms with E-state index in [1.807, 2.05) is 17.0 Å². The number of aromatic nitrogens is 1. The van der Waals surface area contributed by atoms with E-state index >= 15 is 0 Å². The highest BCUT2D eigenvalue weighted by Gasteiger charge is 2.31. The van der Waals surface area contributed by atoms with Gasteiger partial charge in [-0.15, -0.1) is 0 Å². The van der Waals surface area contributed by atoms with Crippen LogP contribution in [0.5, 0.6) is 11.5 Å². The Kier molecular flexibility index (Phi) is 8.09. The molecule has 3 aliphatic heterocycles. The van der Waals surface area contributed by atoms with Crippen LogP contribution in [-0.2, 0) is 35.5 Å². The molecule has 1 N–H and O–H groups in total. The Balaban J connectivity index is 1.18. The highest BCUT2D eigenvalue weighted by molar-refractivity contribution is 5.77. The van der Waals surface area contributed by atoms with Crippen molar-refractivity contribution < 1.29 is 23.5 Å². The molecular weight excluding hydrogens is 460 g/mol. The van der Waals surface area contributed by atoms with Crippen LogP contribution in [0.25, 0.3) is 0 Å². The maximum absolute atomic E-state index is 13.4. The molecular formula is C27H38N4O5. The number of benzene rings is 1. The summed E-state index contributed by atoms with van der Waals surface area (Å²) in [6.07, 6.45) is 3.25. The highest BCUT2D eigenvalue weighted by Crippen LogP contribution is 2.34. The molecule has 2 fully saturated rings. The van der Waals surface area contributed by atoms with E-state index in [1.165, 1.54) is 5.56 Å². The monoisotopic (exact) mass is 498 g/mol. The molecule has 0 spiro atoms. The number of amides is 1. The first-order valence-electron chi connectivity index (χ1n) is 13.1. The summed E-state index contributed by atoms with van der Waals surface area (Å²) in [7, 11) is 3.30. The number of hydrogen-bond acceptors (Lipinski definition) is 8. The van der Waals surface area contributed by atoms with Crippen LogP contribution in [0.1, 0.15) is 35.4 Å². The second kappa shape index (κ2) is 11.6. The maximum atomic E-state index is 13.4. The molecule has 1 amide bonds. The van der Waals surface area contributed by atoms with Crippen molar-refractivity contribution in [2.75, 3.05) is 60.2 Å². The van der Waals surface area contributed by atoms with Gasteiger partial charge in [0.25, 0.3) is 0 Å². The number of ether oxygens (including phenoxy) is 3. The standard InChI is InChI=1S/C27H38N4O5/c1-33-25-12-20-4-6-31(17-22(20)13-26(25)34-2)27(32)14-19-3-5-28-16-21(19)11-23-15-24(36-29-23)18-30-7-9-35-10-8-30/h12-13,15,19,21,28H,3-11,14,16-18H2,1-2H3/t19-,21-/m0/s1. The lowest BCUT2D eigenvalue weighted by Gasteiger charge is -2.35. The van der Waals surface area contributed by atoms with Gasteiger partial charge in [-0.2, -0.15) is 0 Å².